The number of rotatable bonds is 8. The lowest BCUT2D eigenvalue weighted by atomic mass is 10.4. The Hall–Kier alpha value is -2.20. The maximum atomic E-state index is 11.8. The molecule has 1 atom stereocenters. The fourth-order valence-corrected chi connectivity index (χ4v) is 1.75. The van der Waals surface area contributed by atoms with Crippen LogP contribution in [0.25, 0.3) is 0 Å². The fraction of sp³-hybridized carbons (Fsp3) is 0.364. The molecule has 0 rings (SSSR count). The third-order valence-corrected chi connectivity index (χ3v) is 3.19. The number of carbonyl (C=O) groups is 3. The second kappa shape index (κ2) is 8.17. The van der Waals surface area contributed by atoms with Crippen molar-refractivity contribution >= 4 is 27.9 Å². The third-order valence-electron chi connectivity index (χ3n) is 2.09. The summed E-state index contributed by atoms with van der Waals surface area (Å²) in [6.45, 7) is 7.66. The molecule has 0 aliphatic rings. The van der Waals surface area contributed by atoms with E-state index in [0.29, 0.717) is 0 Å². The second-order valence-electron chi connectivity index (χ2n) is 3.65. The molecule has 9 nitrogen and oxygen atoms in total. The Labute approximate surface area is 121 Å². The maximum absolute atomic E-state index is 11.8. The number of amides is 2. The van der Waals surface area contributed by atoms with Crippen LogP contribution in [0.5, 0.6) is 0 Å². The highest BCUT2D eigenvalue weighted by Gasteiger charge is 2.30. The summed E-state index contributed by atoms with van der Waals surface area (Å²) in [6.07, 6.45) is -0.208. The van der Waals surface area contributed by atoms with Gasteiger partial charge in [0, 0.05) is 0 Å². The highest BCUT2D eigenvalue weighted by molar-refractivity contribution is 7.86. The van der Waals surface area contributed by atoms with Gasteiger partial charge in [-0.05, 0) is 18.6 Å². The van der Waals surface area contributed by atoms with E-state index in [1.807, 2.05) is 10.6 Å². The van der Waals surface area contributed by atoms with Crippen molar-refractivity contribution in [3.63, 3.8) is 0 Å². The van der Waals surface area contributed by atoms with E-state index in [4.69, 9.17) is 4.55 Å². The summed E-state index contributed by atoms with van der Waals surface area (Å²) in [5.41, 5.74) is -1.81. The van der Waals surface area contributed by atoms with Gasteiger partial charge in [-0.2, -0.15) is 8.42 Å². The zero-order valence-electron chi connectivity index (χ0n) is 11.2. The Bertz CT molecular complexity index is 519. The first kappa shape index (κ1) is 18.8. The van der Waals surface area contributed by atoms with Crippen LogP contribution in [0, 0.1) is 0 Å². The number of carbonyl (C=O) groups excluding carboxylic acids is 3. The van der Waals surface area contributed by atoms with Gasteiger partial charge in [0.1, 0.15) is 0 Å². The predicted octanol–water partition coefficient (Wildman–Crippen LogP) is -0.916. The van der Waals surface area contributed by atoms with E-state index < -0.39 is 39.5 Å². The van der Waals surface area contributed by atoms with Crippen molar-refractivity contribution in [1.29, 1.82) is 0 Å². The minimum absolute atomic E-state index is 0.220. The van der Waals surface area contributed by atoms with E-state index in [1.54, 1.807) is 0 Å². The van der Waals surface area contributed by atoms with Crippen molar-refractivity contribution < 1.29 is 32.1 Å². The van der Waals surface area contributed by atoms with Gasteiger partial charge < -0.3 is 15.4 Å². The van der Waals surface area contributed by atoms with Crippen molar-refractivity contribution in [1.82, 2.24) is 10.6 Å². The monoisotopic (exact) mass is 320 g/mol. The van der Waals surface area contributed by atoms with Gasteiger partial charge in [-0.15, -0.1) is 0 Å². The van der Waals surface area contributed by atoms with Crippen LogP contribution in [0.3, 0.4) is 0 Å². The molecule has 0 saturated heterocycles. The van der Waals surface area contributed by atoms with Crippen LogP contribution in [0.1, 0.15) is 13.3 Å². The van der Waals surface area contributed by atoms with Gasteiger partial charge in [0.2, 0.25) is 23.4 Å². The summed E-state index contributed by atoms with van der Waals surface area (Å²) in [6, 6.07) is 0. The lowest BCUT2D eigenvalue weighted by Crippen LogP contribution is -2.53. The van der Waals surface area contributed by atoms with Gasteiger partial charge in [-0.3, -0.25) is 14.1 Å². The molecule has 21 heavy (non-hydrogen) atoms. The number of hydrogen-bond acceptors (Lipinski definition) is 6. The zero-order valence-corrected chi connectivity index (χ0v) is 12.1. The van der Waals surface area contributed by atoms with E-state index in [2.05, 4.69) is 17.9 Å². The first-order valence-corrected chi connectivity index (χ1v) is 7.18. The van der Waals surface area contributed by atoms with Crippen LogP contribution >= 0.6 is 0 Å². The topological polar surface area (TPSA) is 139 Å². The number of nitrogens with one attached hydrogen (secondary N) is 2. The Morgan fingerprint density at radius 3 is 1.90 bits per heavy atom. The van der Waals surface area contributed by atoms with Crippen molar-refractivity contribution in [2.45, 2.75) is 24.9 Å². The van der Waals surface area contributed by atoms with E-state index in [0.717, 1.165) is 12.2 Å². The summed E-state index contributed by atoms with van der Waals surface area (Å²) < 4.78 is 35.3. The van der Waals surface area contributed by atoms with Crippen LogP contribution in [-0.4, -0.2) is 42.4 Å². The molecule has 0 spiro atoms. The van der Waals surface area contributed by atoms with Crippen LogP contribution in [0.2, 0.25) is 0 Å². The molecule has 0 aliphatic carbocycles. The molecule has 2 amide bonds. The lowest BCUT2D eigenvalue weighted by molar-refractivity contribution is -0.151. The van der Waals surface area contributed by atoms with Crippen LogP contribution < -0.4 is 10.6 Å². The standard InChI is InChI=1S/C11H16N2O7S/c1-4-7(14)12-10(13-8(15)5-2)11(16)20-9(6-3)21(17,18)19/h4-5,9-10H,1-2,6H2,3H3,(H,12,14)(H,13,15)(H,17,18,19). The molecule has 1 unspecified atom stereocenters. The molecular weight excluding hydrogens is 304 g/mol. The zero-order chi connectivity index (χ0) is 16.6. The molecule has 0 heterocycles. The van der Waals surface area contributed by atoms with Gasteiger partial charge in [0.05, 0.1) is 0 Å². The first-order valence-electron chi connectivity index (χ1n) is 5.68. The third kappa shape index (κ3) is 6.68. The molecule has 0 aromatic carbocycles. The van der Waals surface area contributed by atoms with E-state index >= 15 is 0 Å². The molecule has 10 heteroatoms. The summed E-state index contributed by atoms with van der Waals surface area (Å²) >= 11 is 0. The van der Waals surface area contributed by atoms with Crippen molar-refractivity contribution in [3.8, 4) is 0 Å². The Morgan fingerprint density at radius 1 is 1.19 bits per heavy atom. The maximum Gasteiger partial charge on any atom is 0.351 e. The molecular formula is C11H16N2O7S. The minimum Gasteiger partial charge on any atom is -0.440 e. The van der Waals surface area contributed by atoms with Crippen LogP contribution in [0.15, 0.2) is 25.3 Å². The van der Waals surface area contributed by atoms with Gasteiger partial charge in [-0.25, -0.2) is 4.79 Å². The summed E-state index contributed by atoms with van der Waals surface area (Å²) in [4.78, 5) is 34.1. The van der Waals surface area contributed by atoms with Crippen molar-refractivity contribution in [3.05, 3.63) is 25.3 Å². The summed E-state index contributed by atoms with van der Waals surface area (Å²) in [5.74, 6) is -2.88. The molecule has 0 aromatic heterocycles. The normalized spacial score (nSPS) is 12.1. The highest BCUT2D eigenvalue weighted by Crippen LogP contribution is 2.07. The number of esters is 1. The molecule has 0 bridgehead atoms. The Kier molecular flexibility index (Phi) is 7.31. The molecule has 118 valence electrons. The smallest absolute Gasteiger partial charge is 0.351 e. The molecule has 0 saturated carbocycles. The summed E-state index contributed by atoms with van der Waals surface area (Å²) in [5, 5.41) is 4.05. The predicted molar refractivity (Wildman–Crippen MR) is 72.2 cm³/mol. The summed E-state index contributed by atoms with van der Waals surface area (Å²) in [7, 11) is -4.62. The van der Waals surface area contributed by atoms with Crippen LogP contribution in [-0.2, 0) is 29.2 Å². The SMILES string of the molecule is C=CC(=O)NC(NC(=O)C=C)C(=O)OC(CC)S(=O)(=O)O. The second-order valence-corrected chi connectivity index (χ2v) is 5.20. The average Bonchev–Trinajstić information content (AvgIpc) is 2.41. The fourth-order valence-electron chi connectivity index (χ4n) is 1.11. The largest absolute Gasteiger partial charge is 0.440 e. The van der Waals surface area contributed by atoms with Gasteiger partial charge in [-0.1, -0.05) is 20.1 Å². The van der Waals surface area contributed by atoms with Gasteiger partial charge >= 0.3 is 16.1 Å². The lowest BCUT2D eigenvalue weighted by Gasteiger charge is -2.20. The molecule has 0 radical (unpaired) electrons. The van der Waals surface area contributed by atoms with E-state index in [-0.39, 0.29) is 6.42 Å². The van der Waals surface area contributed by atoms with Crippen molar-refractivity contribution in [2.75, 3.05) is 0 Å². The quantitative estimate of drug-likeness (QED) is 0.227. The molecule has 0 aromatic rings. The van der Waals surface area contributed by atoms with E-state index in [9.17, 15) is 22.8 Å². The van der Waals surface area contributed by atoms with E-state index in [1.165, 1.54) is 6.92 Å². The molecule has 0 fully saturated rings. The number of hydrogen-bond donors (Lipinski definition) is 3. The van der Waals surface area contributed by atoms with Gasteiger partial charge in [0.25, 0.3) is 0 Å². The first-order chi connectivity index (χ1) is 9.65. The average molecular weight is 320 g/mol. The van der Waals surface area contributed by atoms with Crippen molar-refractivity contribution in [2.24, 2.45) is 0 Å². The number of ether oxygens (including phenoxy) is 1. The van der Waals surface area contributed by atoms with Crippen LogP contribution in [0.4, 0.5) is 0 Å². The van der Waals surface area contributed by atoms with Gasteiger partial charge in [0.15, 0.2) is 0 Å². The highest BCUT2D eigenvalue weighted by atomic mass is 32.2. The molecule has 3 N–H and O–H groups in total. The Balaban J connectivity index is 5.09. The molecule has 0 aliphatic heterocycles. The Morgan fingerprint density at radius 2 is 1.62 bits per heavy atom. The minimum atomic E-state index is -4.62.